The quantitative estimate of drug-likeness (QED) is 0.485. The molecule has 39 heavy (non-hydrogen) atoms. The van der Waals surface area contributed by atoms with E-state index in [-0.39, 0.29) is 17.2 Å². The van der Waals surface area contributed by atoms with Gasteiger partial charge in [-0.05, 0) is 85.8 Å². The molecule has 0 saturated carbocycles. The number of rotatable bonds is 5. The predicted octanol–water partition coefficient (Wildman–Crippen LogP) is 4.45. The lowest BCUT2D eigenvalue weighted by Gasteiger charge is -2.33. The summed E-state index contributed by atoms with van der Waals surface area (Å²) in [7, 11) is 0. The Labute approximate surface area is 229 Å². The average Bonchev–Trinajstić information content (AvgIpc) is 3.66. The largest absolute Gasteiger partial charge is 0.492 e. The standard InChI is InChI=1S/C32H34N4O3/c1-21-16-25(36-15-13-34-31(36)38)6-7-26(21)22-2-4-23(5-3-22)29(37)19-35-14-8-24-17-30-27(18-28(24)35)32(20-39-30)9-11-33-12-10-32/h2-7,16-18,33H,8-15,19-20H2,1H3,(H,34,38). The molecular formula is C32H34N4O3. The summed E-state index contributed by atoms with van der Waals surface area (Å²) in [4.78, 5) is 29.4. The molecule has 3 aromatic carbocycles. The monoisotopic (exact) mass is 522 g/mol. The molecule has 2 fully saturated rings. The van der Waals surface area contributed by atoms with Crippen LogP contribution in [0.3, 0.4) is 0 Å². The highest BCUT2D eigenvalue weighted by Gasteiger charge is 2.42. The van der Waals surface area contributed by atoms with Crippen LogP contribution in [0, 0.1) is 6.92 Å². The number of nitrogens with one attached hydrogen (secondary N) is 2. The molecule has 7 heteroatoms. The van der Waals surface area contributed by atoms with Crippen LogP contribution in [0.2, 0.25) is 0 Å². The molecule has 7 rings (SSSR count). The zero-order valence-electron chi connectivity index (χ0n) is 22.4. The summed E-state index contributed by atoms with van der Waals surface area (Å²) < 4.78 is 6.16. The van der Waals surface area contributed by atoms with Gasteiger partial charge < -0.3 is 20.3 Å². The number of urea groups is 1. The van der Waals surface area contributed by atoms with Crippen LogP contribution in [-0.2, 0) is 11.8 Å². The van der Waals surface area contributed by atoms with Crippen molar-refractivity contribution < 1.29 is 14.3 Å². The van der Waals surface area contributed by atoms with E-state index >= 15 is 0 Å². The van der Waals surface area contributed by atoms with Gasteiger partial charge in [-0.3, -0.25) is 9.69 Å². The third-order valence-corrected chi connectivity index (χ3v) is 9.04. The van der Waals surface area contributed by atoms with Gasteiger partial charge in [0.15, 0.2) is 5.78 Å². The molecule has 4 aliphatic rings. The molecule has 7 nitrogen and oxygen atoms in total. The normalized spacial score (nSPS) is 19.2. The summed E-state index contributed by atoms with van der Waals surface area (Å²) in [6, 6.07) is 18.6. The Balaban J connectivity index is 1.07. The Bertz CT molecular complexity index is 1460. The van der Waals surface area contributed by atoms with Crippen molar-refractivity contribution in [1.82, 2.24) is 10.6 Å². The Morgan fingerprint density at radius 2 is 1.82 bits per heavy atom. The highest BCUT2D eigenvalue weighted by molar-refractivity contribution is 6.00. The molecule has 1 spiro atoms. The van der Waals surface area contributed by atoms with Crippen LogP contribution in [-0.4, -0.2) is 57.7 Å². The number of nitrogens with zero attached hydrogens (tertiary/aromatic N) is 2. The Kier molecular flexibility index (Phi) is 5.85. The van der Waals surface area contributed by atoms with E-state index in [2.05, 4.69) is 46.7 Å². The van der Waals surface area contributed by atoms with Crippen molar-refractivity contribution in [2.24, 2.45) is 0 Å². The van der Waals surface area contributed by atoms with Crippen molar-refractivity contribution >= 4 is 23.2 Å². The summed E-state index contributed by atoms with van der Waals surface area (Å²) in [6.45, 7) is 7.48. The number of carbonyl (C=O) groups excluding carboxylic acids is 2. The van der Waals surface area contributed by atoms with Crippen molar-refractivity contribution in [2.75, 3.05) is 55.7 Å². The molecule has 200 valence electrons. The van der Waals surface area contributed by atoms with E-state index in [0.29, 0.717) is 19.6 Å². The molecule has 2 N–H and O–H groups in total. The highest BCUT2D eigenvalue weighted by atomic mass is 16.5. The second-order valence-electron chi connectivity index (χ2n) is 11.4. The van der Waals surface area contributed by atoms with Gasteiger partial charge in [-0.2, -0.15) is 0 Å². The molecule has 2 amide bonds. The number of ketones is 1. The number of hydrogen-bond donors (Lipinski definition) is 2. The number of amides is 2. The SMILES string of the molecule is Cc1cc(N2CCNC2=O)ccc1-c1ccc(C(=O)CN2CCc3cc4c(cc32)C2(CCNCC2)CO4)cc1. The molecular weight excluding hydrogens is 488 g/mol. The maximum Gasteiger partial charge on any atom is 0.321 e. The number of ether oxygens (including phenoxy) is 1. The number of hydrogen-bond acceptors (Lipinski definition) is 5. The second kappa shape index (κ2) is 9.42. The Morgan fingerprint density at radius 3 is 2.56 bits per heavy atom. The van der Waals surface area contributed by atoms with E-state index in [0.717, 1.165) is 79.2 Å². The van der Waals surface area contributed by atoms with E-state index in [1.165, 1.54) is 16.8 Å². The Hall–Kier alpha value is -3.84. The first-order valence-electron chi connectivity index (χ1n) is 14.1. The van der Waals surface area contributed by atoms with Gasteiger partial charge in [0.05, 0.1) is 13.2 Å². The Morgan fingerprint density at radius 1 is 1.00 bits per heavy atom. The molecule has 3 aromatic rings. The summed E-state index contributed by atoms with van der Waals surface area (Å²) in [5, 5.41) is 6.33. The van der Waals surface area contributed by atoms with Crippen LogP contribution in [0.4, 0.5) is 16.2 Å². The molecule has 0 radical (unpaired) electrons. The fourth-order valence-electron chi connectivity index (χ4n) is 6.75. The fourth-order valence-corrected chi connectivity index (χ4v) is 6.75. The molecule has 4 heterocycles. The van der Waals surface area contributed by atoms with E-state index in [9.17, 15) is 9.59 Å². The van der Waals surface area contributed by atoms with Crippen LogP contribution >= 0.6 is 0 Å². The number of carbonyl (C=O) groups is 2. The van der Waals surface area contributed by atoms with Gasteiger partial charge in [-0.15, -0.1) is 0 Å². The van der Waals surface area contributed by atoms with Gasteiger partial charge in [-0.25, -0.2) is 4.79 Å². The van der Waals surface area contributed by atoms with Crippen LogP contribution in [0.1, 0.15) is 39.9 Å². The highest BCUT2D eigenvalue weighted by Crippen LogP contribution is 2.48. The van der Waals surface area contributed by atoms with Crippen molar-refractivity contribution in [2.45, 2.75) is 31.6 Å². The first-order valence-corrected chi connectivity index (χ1v) is 14.1. The zero-order valence-corrected chi connectivity index (χ0v) is 22.4. The molecule has 0 atom stereocenters. The molecule has 0 aromatic heterocycles. The van der Waals surface area contributed by atoms with Crippen LogP contribution < -0.4 is 25.2 Å². The third kappa shape index (κ3) is 4.16. The summed E-state index contributed by atoms with van der Waals surface area (Å²) in [5.74, 6) is 1.18. The lowest BCUT2D eigenvalue weighted by molar-refractivity contribution is 0.0999. The van der Waals surface area contributed by atoms with Gasteiger partial charge in [0.1, 0.15) is 5.75 Å². The first-order chi connectivity index (χ1) is 19.0. The third-order valence-electron chi connectivity index (χ3n) is 9.04. The molecule has 0 bridgehead atoms. The zero-order chi connectivity index (χ0) is 26.6. The van der Waals surface area contributed by atoms with E-state index in [4.69, 9.17) is 4.74 Å². The summed E-state index contributed by atoms with van der Waals surface area (Å²) >= 11 is 0. The van der Waals surface area contributed by atoms with Crippen molar-refractivity contribution in [3.05, 3.63) is 76.9 Å². The number of aryl methyl sites for hydroxylation is 1. The van der Waals surface area contributed by atoms with Crippen molar-refractivity contribution in [3.63, 3.8) is 0 Å². The second-order valence-corrected chi connectivity index (χ2v) is 11.4. The number of benzene rings is 3. The smallest absolute Gasteiger partial charge is 0.321 e. The van der Waals surface area contributed by atoms with Gasteiger partial charge >= 0.3 is 6.03 Å². The minimum atomic E-state index is -0.0471. The molecule has 2 saturated heterocycles. The number of anilines is 2. The van der Waals surface area contributed by atoms with E-state index in [1.807, 2.05) is 30.3 Å². The topological polar surface area (TPSA) is 73.9 Å². The molecule has 4 aliphatic heterocycles. The fraction of sp³-hybridized carbons (Fsp3) is 0.375. The maximum atomic E-state index is 13.4. The van der Waals surface area contributed by atoms with Crippen molar-refractivity contribution in [3.8, 4) is 16.9 Å². The summed E-state index contributed by atoms with van der Waals surface area (Å²) in [5.41, 5.74) is 8.84. The number of Topliss-reactive ketones (excluding diaryl/α,β-unsaturated/α-hetero) is 1. The minimum absolute atomic E-state index is 0.0471. The number of piperidine rings is 1. The van der Waals surface area contributed by atoms with Gasteiger partial charge in [0.25, 0.3) is 0 Å². The molecule has 0 aliphatic carbocycles. The van der Waals surface area contributed by atoms with Crippen LogP contribution in [0.25, 0.3) is 11.1 Å². The average molecular weight is 523 g/mol. The van der Waals surface area contributed by atoms with Crippen LogP contribution in [0.15, 0.2) is 54.6 Å². The lowest BCUT2D eigenvalue weighted by Crippen LogP contribution is -2.41. The van der Waals surface area contributed by atoms with Crippen molar-refractivity contribution in [1.29, 1.82) is 0 Å². The van der Waals surface area contributed by atoms with Gasteiger partial charge in [0, 0.05) is 47.6 Å². The maximum absolute atomic E-state index is 13.4. The lowest BCUT2D eigenvalue weighted by atomic mass is 9.74. The van der Waals surface area contributed by atoms with E-state index < -0.39 is 0 Å². The minimum Gasteiger partial charge on any atom is -0.492 e. The number of fused-ring (bicyclic) bond motifs is 3. The van der Waals surface area contributed by atoms with E-state index in [1.54, 1.807) is 4.90 Å². The van der Waals surface area contributed by atoms with Crippen LogP contribution in [0.5, 0.6) is 5.75 Å². The predicted molar refractivity (Wildman–Crippen MR) is 153 cm³/mol. The van der Waals surface area contributed by atoms with Gasteiger partial charge in [0.2, 0.25) is 0 Å². The molecule has 0 unspecified atom stereocenters. The summed E-state index contributed by atoms with van der Waals surface area (Å²) in [6.07, 6.45) is 3.14. The van der Waals surface area contributed by atoms with Gasteiger partial charge in [-0.1, -0.05) is 30.3 Å². The first kappa shape index (κ1) is 24.2.